The predicted octanol–water partition coefficient (Wildman–Crippen LogP) is -1.08. The van der Waals surface area contributed by atoms with Gasteiger partial charge in [-0.15, -0.1) is 10.2 Å². The largest absolute Gasteiger partial charge is 0.469 e. The minimum absolute atomic E-state index is 0.0625. The molecule has 0 radical (unpaired) electrons. The molecule has 6 heteroatoms. The van der Waals surface area contributed by atoms with Gasteiger partial charge in [-0.2, -0.15) is 5.21 Å². The first-order valence-electron chi connectivity index (χ1n) is 2.62. The number of aromatic nitrogens is 4. The highest BCUT2D eigenvalue weighted by atomic mass is 16.5. The summed E-state index contributed by atoms with van der Waals surface area (Å²) in [5.74, 6) is -0.0340. The first-order chi connectivity index (χ1) is 4.83. The summed E-state index contributed by atoms with van der Waals surface area (Å²) in [7, 11) is 1.31. The van der Waals surface area contributed by atoms with E-state index < -0.39 is 0 Å². The number of H-pyrrole nitrogens is 1. The van der Waals surface area contributed by atoms with Gasteiger partial charge in [-0.25, -0.2) is 0 Å². The van der Waals surface area contributed by atoms with Crippen LogP contribution in [0.2, 0.25) is 0 Å². The van der Waals surface area contributed by atoms with Gasteiger partial charge in [0.1, 0.15) is 6.42 Å². The van der Waals surface area contributed by atoms with E-state index in [2.05, 4.69) is 25.4 Å². The van der Waals surface area contributed by atoms with Gasteiger partial charge in [0.2, 0.25) is 0 Å². The number of ether oxygens (including phenoxy) is 1. The number of carbonyl (C=O) groups excluding carboxylic acids is 1. The van der Waals surface area contributed by atoms with Crippen LogP contribution in [0.1, 0.15) is 5.82 Å². The minimum Gasteiger partial charge on any atom is -0.469 e. The van der Waals surface area contributed by atoms with Crippen LogP contribution >= 0.6 is 0 Å². The highest BCUT2D eigenvalue weighted by Crippen LogP contribution is 1.86. The third-order valence-corrected chi connectivity index (χ3v) is 0.919. The van der Waals surface area contributed by atoms with Crippen LogP contribution < -0.4 is 0 Å². The van der Waals surface area contributed by atoms with Crippen molar-refractivity contribution in [2.24, 2.45) is 0 Å². The van der Waals surface area contributed by atoms with E-state index in [9.17, 15) is 4.79 Å². The summed E-state index contributed by atoms with van der Waals surface area (Å²) in [6.45, 7) is 0. The first kappa shape index (κ1) is 6.66. The molecule has 54 valence electrons. The topological polar surface area (TPSA) is 80.8 Å². The van der Waals surface area contributed by atoms with Crippen molar-refractivity contribution < 1.29 is 9.53 Å². The van der Waals surface area contributed by atoms with Crippen LogP contribution in [0.15, 0.2) is 0 Å². The lowest BCUT2D eigenvalue weighted by atomic mass is 10.4. The molecule has 0 fully saturated rings. The predicted molar refractivity (Wildman–Crippen MR) is 29.9 cm³/mol. The van der Waals surface area contributed by atoms with E-state index in [-0.39, 0.29) is 12.4 Å². The van der Waals surface area contributed by atoms with E-state index in [1.165, 1.54) is 7.11 Å². The van der Waals surface area contributed by atoms with Crippen molar-refractivity contribution in [3.63, 3.8) is 0 Å². The average molecular weight is 142 g/mol. The summed E-state index contributed by atoms with van der Waals surface area (Å²) in [5.41, 5.74) is 0. The molecule has 0 aromatic carbocycles. The Kier molecular flexibility index (Phi) is 1.93. The van der Waals surface area contributed by atoms with Gasteiger partial charge >= 0.3 is 5.97 Å². The normalized spacial score (nSPS) is 9.30. The van der Waals surface area contributed by atoms with Crippen molar-refractivity contribution in [1.82, 2.24) is 20.6 Å². The quantitative estimate of drug-likeness (QED) is 0.531. The second-order valence-corrected chi connectivity index (χ2v) is 1.58. The molecule has 1 N–H and O–H groups in total. The van der Waals surface area contributed by atoms with Gasteiger partial charge in [-0.3, -0.25) is 4.79 Å². The Morgan fingerprint density at radius 1 is 1.80 bits per heavy atom. The molecule has 6 nitrogen and oxygen atoms in total. The van der Waals surface area contributed by atoms with Crippen LogP contribution in [-0.2, 0) is 16.0 Å². The summed E-state index contributed by atoms with van der Waals surface area (Å²) in [4.78, 5) is 10.5. The third kappa shape index (κ3) is 1.51. The summed E-state index contributed by atoms with van der Waals surface area (Å²) in [6, 6.07) is 0. The fourth-order valence-corrected chi connectivity index (χ4v) is 0.459. The number of rotatable bonds is 2. The molecule has 1 heterocycles. The molecule has 0 unspecified atom stereocenters. The number of aromatic amines is 1. The van der Waals surface area contributed by atoms with Gasteiger partial charge in [-0.05, 0) is 0 Å². The van der Waals surface area contributed by atoms with Gasteiger partial charge in [0.05, 0.1) is 7.11 Å². The molecular weight excluding hydrogens is 136 g/mol. The van der Waals surface area contributed by atoms with Crippen molar-refractivity contribution in [1.29, 1.82) is 0 Å². The molecule has 0 spiro atoms. The maximum Gasteiger partial charge on any atom is 0.313 e. The number of nitrogens with zero attached hydrogens (tertiary/aromatic N) is 3. The standard InChI is InChI=1S/C4H6N4O2/c1-10-4(9)2-3-5-7-8-6-3/h2H2,1H3,(H,5,6,7,8). The van der Waals surface area contributed by atoms with Crippen molar-refractivity contribution in [3.8, 4) is 0 Å². The molecular formula is C4H6N4O2. The van der Waals surface area contributed by atoms with Gasteiger partial charge in [-0.1, -0.05) is 5.21 Å². The highest BCUT2D eigenvalue weighted by molar-refractivity contribution is 5.71. The molecule has 1 aromatic rings. The Morgan fingerprint density at radius 3 is 3.10 bits per heavy atom. The van der Waals surface area contributed by atoms with Gasteiger partial charge < -0.3 is 4.74 Å². The number of esters is 1. The van der Waals surface area contributed by atoms with Crippen LogP contribution in [0, 0.1) is 0 Å². The highest BCUT2D eigenvalue weighted by Gasteiger charge is 2.05. The molecule has 0 aliphatic rings. The van der Waals surface area contributed by atoms with E-state index in [1.807, 2.05) is 0 Å². The van der Waals surface area contributed by atoms with Crippen LogP contribution in [-0.4, -0.2) is 33.7 Å². The molecule has 1 rings (SSSR count). The van der Waals surface area contributed by atoms with Crippen molar-refractivity contribution in [3.05, 3.63) is 5.82 Å². The van der Waals surface area contributed by atoms with E-state index >= 15 is 0 Å². The number of carbonyl (C=O) groups is 1. The summed E-state index contributed by atoms with van der Waals surface area (Å²) >= 11 is 0. The molecule has 0 bridgehead atoms. The first-order valence-corrected chi connectivity index (χ1v) is 2.62. The summed E-state index contributed by atoms with van der Waals surface area (Å²) in [5, 5.41) is 12.6. The fourth-order valence-electron chi connectivity index (χ4n) is 0.459. The Labute approximate surface area is 56.6 Å². The van der Waals surface area contributed by atoms with E-state index in [0.717, 1.165) is 0 Å². The second-order valence-electron chi connectivity index (χ2n) is 1.58. The van der Waals surface area contributed by atoms with Crippen LogP contribution in [0.5, 0.6) is 0 Å². The van der Waals surface area contributed by atoms with Crippen LogP contribution in [0.3, 0.4) is 0 Å². The monoisotopic (exact) mass is 142 g/mol. The maximum atomic E-state index is 10.5. The smallest absolute Gasteiger partial charge is 0.313 e. The third-order valence-electron chi connectivity index (χ3n) is 0.919. The summed E-state index contributed by atoms with van der Waals surface area (Å²) in [6.07, 6.45) is 0.0625. The van der Waals surface area contributed by atoms with Crippen molar-refractivity contribution in [2.75, 3.05) is 7.11 Å². The van der Waals surface area contributed by atoms with Gasteiger partial charge in [0.25, 0.3) is 0 Å². The molecule has 0 atom stereocenters. The molecule has 0 amide bonds. The average Bonchev–Trinajstić information content (AvgIpc) is 2.40. The minimum atomic E-state index is -0.374. The van der Waals surface area contributed by atoms with E-state index in [0.29, 0.717) is 5.82 Å². The Morgan fingerprint density at radius 2 is 2.60 bits per heavy atom. The Bertz CT molecular complexity index is 207. The SMILES string of the molecule is COC(=O)Cc1nn[nH]n1. The van der Waals surface area contributed by atoms with E-state index in [1.54, 1.807) is 0 Å². The fraction of sp³-hybridized carbons (Fsp3) is 0.500. The van der Waals surface area contributed by atoms with Crippen molar-refractivity contribution in [2.45, 2.75) is 6.42 Å². The second kappa shape index (κ2) is 2.90. The Hall–Kier alpha value is -1.46. The molecule has 0 saturated carbocycles. The number of nitrogens with one attached hydrogen (secondary N) is 1. The molecule has 1 aromatic heterocycles. The lowest BCUT2D eigenvalue weighted by Gasteiger charge is -1.90. The van der Waals surface area contributed by atoms with Crippen LogP contribution in [0.25, 0.3) is 0 Å². The lowest BCUT2D eigenvalue weighted by molar-refractivity contribution is -0.139. The summed E-state index contributed by atoms with van der Waals surface area (Å²) < 4.78 is 4.36. The van der Waals surface area contributed by atoms with Crippen molar-refractivity contribution >= 4 is 5.97 Å². The number of hydrogen-bond donors (Lipinski definition) is 1. The zero-order valence-corrected chi connectivity index (χ0v) is 5.37. The number of tetrazole rings is 1. The number of methoxy groups -OCH3 is 1. The lowest BCUT2D eigenvalue weighted by Crippen LogP contribution is -2.05. The molecule has 10 heavy (non-hydrogen) atoms. The molecule has 0 saturated heterocycles. The molecule has 0 aliphatic carbocycles. The maximum absolute atomic E-state index is 10.5. The van der Waals surface area contributed by atoms with Gasteiger partial charge in [0.15, 0.2) is 5.82 Å². The van der Waals surface area contributed by atoms with Gasteiger partial charge in [0, 0.05) is 0 Å². The zero-order valence-electron chi connectivity index (χ0n) is 5.37. The number of hydrogen-bond acceptors (Lipinski definition) is 5. The Balaban J connectivity index is 2.48. The van der Waals surface area contributed by atoms with Crippen LogP contribution in [0.4, 0.5) is 0 Å². The molecule has 0 aliphatic heterocycles. The van der Waals surface area contributed by atoms with E-state index in [4.69, 9.17) is 0 Å². The zero-order chi connectivity index (χ0) is 7.40.